The van der Waals surface area contributed by atoms with Gasteiger partial charge in [0.25, 0.3) is 0 Å². The minimum absolute atomic E-state index is 0.00110. The third-order valence-corrected chi connectivity index (χ3v) is 9.16. The van der Waals surface area contributed by atoms with Crippen molar-refractivity contribution in [1.29, 1.82) is 0 Å². The van der Waals surface area contributed by atoms with Gasteiger partial charge in [0, 0.05) is 56.8 Å². The summed E-state index contributed by atoms with van der Waals surface area (Å²) in [5.74, 6) is 0. The van der Waals surface area contributed by atoms with E-state index < -0.39 is 0 Å². The largest absolute Gasteiger partial charge is 0.375 e. The summed E-state index contributed by atoms with van der Waals surface area (Å²) in [5.41, 5.74) is 14.4. The van der Waals surface area contributed by atoms with Crippen molar-refractivity contribution in [3.05, 3.63) is 108 Å². The van der Waals surface area contributed by atoms with Crippen LogP contribution in [-0.4, -0.2) is 16.3 Å². The zero-order valence-electron chi connectivity index (χ0n) is 24.7. The van der Waals surface area contributed by atoms with Gasteiger partial charge in [-0.15, -0.1) is 0 Å². The van der Waals surface area contributed by atoms with Crippen LogP contribution >= 0.6 is 0 Å². The van der Waals surface area contributed by atoms with Crippen molar-refractivity contribution < 1.29 is 0 Å². The molecule has 3 nitrogen and oxygen atoms in total. The van der Waals surface area contributed by atoms with Gasteiger partial charge in [-0.05, 0) is 68.8 Å². The Morgan fingerprint density at radius 3 is 2.17 bits per heavy atom. The Kier molecular flexibility index (Phi) is 4.86. The molecule has 2 aliphatic heterocycles. The van der Waals surface area contributed by atoms with Crippen LogP contribution < -0.4 is 15.8 Å². The van der Waals surface area contributed by atoms with E-state index in [4.69, 9.17) is 0 Å². The third-order valence-electron chi connectivity index (χ3n) is 9.16. The van der Waals surface area contributed by atoms with E-state index in [2.05, 4.69) is 141 Å². The molecule has 0 saturated carbocycles. The fraction of sp³-hybridized carbons (Fsp3) is 0.216. The number of fused-ring (bicyclic) bond motifs is 7. The average molecular weight is 532 g/mol. The summed E-state index contributed by atoms with van der Waals surface area (Å²) in [5, 5.41) is 2.49. The first-order chi connectivity index (χ1) is 19.6. The van der Waals surface area contributed by atoms with Crippen molar-refractivity contribution in [1.82, 2.24) is 9.46 Å². The lowest BCUT2D eigenvalue weighted by atomic mass is 9.44. The van der Waals surface area contributed by atoms with Crippen LogP contribution in [0, 0.1) is 0 Å². The third kappa shape index (κ3) is 3.37. The van der Waals surface area contributed by atoms with Crippen LogP contribution in [0.25, 0.3) is 32.9 Å². The van der Waals surface area contributed by atoms with Gasteiger partial charge in [0.05, 0.1) is 0 Å². The number of anilines is 3. The summed E-state index contributed by atoms with van der Waals surface area (Å²) in [4.78, 5) is 7.07. The van der Waals surface area contributed by atoms with Gasteiger partial charge in [-0.1, -0.05) is 96.1 Å². The molecule has 0 fully saturated rings. The van der Waals surface area contributed by atoms with E-state index in [1.807, 2.05) is 12.4 Å². The summed E-state index contributed by atoms with van der Waals surface area (Å²) < 4.78 is 2.60. The lowest BCUT2D eigenvalue weighted by Gasteiger charge is -2.42. The van der Waals surface area contributed by atoms with Gasteiger partial charge in [-0.2, -0.15) is 0 Å². The fourth-order valence-electron chi connectivity index (χ4n) is 7.04. The zero-order valence-corrected chi connectivity index (χ0v) is 24.7. The van der Waals surface area contributed by atoms with E-state index in [1.54, 1.807) is 0 Å². The number of aromatic nitrogens is 2. The van der Waals surface area contributed by atoms with E-state index in [1.165, 1.54) is 72.0 Å². The van der Waals surface area contributed by atoms with Gasteiger partial charge in [-0.25, -0.2) is 0 Å². The molecule has 0 atom stereocenters. The maximum absolute atomic E-state index is 4.55. The summed E-state index contributed by atoms with van der Waals surface area (Å²) in [6, 6.07) is 32.0. The first kappa shape index (κ1) is 24.5. The van der Waals surface area contributed by atoms with Crippen LogP contribution in [0.5, 0.6) is 0 Å². The first-order valence-electron chi connectivity index (χ1n) is 14.7. The Morgan fingerprint density at radius 2 is 1.41 bits per heavy atom. The Morgan fingerprint density at radius 1 is 0.659 bits per heavy atom. The van der Waals surface area contributed by atoms with Crippen molar-refractivity contribution in [3.8, 4) is 11.1 Å². The quantitative estimate of drug-likeness (QED) is 0.199. The van der Waals surface area contributed by atoms with Gasteiger partial charge >= 0.3 is 6.85 Å². The van der Waals surface area contributed by atoms with E-state index in [0.717, 1.165) is 0 Å². The van der Waals surface area contributed by atoms with E-state index in [9.17, 15) is 0 Å². The number of para-hydroxylation sites is 2. The monoisotopic (exact) mass is 531 g/mol. The van der Waals surface area contributed by atoms with Crippen molar-refractivity contribution in [2.45, 2.75) is 52.4 Å². The Bertz CT molecular complexity index is 2020. The Labute approximate surface area is 242 Å². The standard InChI is InChI=1S/C37H34BN3/c1-36(2,3)23-15-16-30-32(20-23)40(25-11-8-7-9-12-25)33-21-24(37(4,5)6)19-28-26-13-10-14-27-29-22-39-18-17-31(29)41(35(26)27)38(30)34(28)33/h7-22H,1-6H3. The normalized spacial score (nSPS) is 14.0. The van der Waals surface area contributed by atoms with Crippen molar-refractivity contribution in [3.63, 3.8) is 0 Å². The molecule has 41 heavy (non-hydrogen) atoms. The molecule has 8 rings (SSSR count). The molecular weight excluding hydrogens is 497 g/mol. The van der Waals surface area contributed by atoms with Gasteiger partial charge in [-0.3, -0.25) is 4.98 Å². The van der Waals surface area contributed by atoms with Crippen LogP contribution in [-0.2, 0) is 10.8 Å². The molecule has 6 aromatic rings. The van der Waals surface area contributed by atoms with Crippen LogP contribution in [0.4, 0.5) is 17.1 Å². The molecule has 0 radical (unpaired) electrons. The zero-order chi connectivity index (χ0) is 28.3. The highest BCUT2D eigenvalue weighted by atomic mass is 15.2. The molecule has 4 aromatic carbocycles. The number of pyridine rings is 1. The molecular formula is C37H34BN3. The predicted molar refractivity (Wildman–Crippen MR) is 175 cm³/mol. The second-order valence-corrected chi connectivity index (χ2v) is 13.8. The highest BCUT2D eigenvalue weighted by molar-refractivity contribution is 6.90. The minimum Gasteiger partial charge on any atom is -0.375 e. The van der Waals surface area contributed by atoms with Gasteiger partial charge < -0.3 is 9.38 Å². The highest BCUT2D eigenvalue weighted by Crippen LogP contribution is 2.46. The highest BCUT2D eigenvalue weighted by Gasteiger charge is 2.43. The molecule has 0 N–H and O–H groups in total. The molecule has 4 heterocycles. The predicted octanol–water partition coefficient (Wildman–Crippen LogP) is 8.20. The maximum atomic E-state index is 4.55. The summed E-state index contributed by atoms with van der Waals surface area (Å²) in [6.45, 7) is 14.0. The van der Waals surface area contributed by atoms with Crippen molar-refractivity contribution in [2.75, 3.05) is 4.90 Å². The molecule has 0 amide bonds. The molecule has 0 unspecified atom stereocenters. The molecule has 2 aromatic heterocycles. The maximum Gasteiger partial charge on any atom is 0.333 e. The van der Waals surface area contributed by atoms with Gasteiger partial charge in [0.2, 0.25) is 0 Å². The summed E-state index contributed by atoms with van der Waals surface area (Å²) in [7, 11) is 0. The van der Waals surface area contributed by atoms with E-state index >= 15 is 0 Å². The van der Waals surface area contributed by atoms with Crippen molar-refractivity contribution >= 4 is 56.6 Å². The summed E-state index contributed by atoms with van der Waals surface area (Å²) in [6.07, 6.45) is 3.98. The molecule has 4 heteroatoms. The van der Waals surface area contributed by atoms with Crippen LogP contribution in [0.1, 0.15) is 52.7 Å². The molecule has 2 aliphatic rings. The molecule has 0 spiro atoms. The molecule has 200 valence electrons. The van der Waals surface area contributed by atoms with Crippen LogP contribution in [0.15, 0.2) is 97.3 Å². The molecule has 0 bridgehead atoms. The number of rotatable bonds is 1. The average Bonchev–Trinajstić information content (AvgIpc) is 3.29. The lowest BCUT2D eigenvalue weighted by molar-refractivity contribution is 0.590. The van der Waals surface area contributed by atoms with E-state index in [0.29, 0.717) is 0 Å². The van der Waals surface area contributed by atoms with Crippen molar-refractivity contribution in [2.24, 2.45) is 0 Å². The number of hydrogen-bond donors (Lipinski definition) is 0. The molecule has 0 saturated heterocycles. The Balaban J connectivity index is 1.58. The second kappa shape index (κ2) is 8.13. The smallest absolute Gasteiger partial charge is 0.333 e. The van der Waals surface area contributed by atoms with E-state index in [-0.39, 0.29) is 17.7 Å². The summed E-state index contributed by atoms with van der Waals surface area (Å²) >= 11 is 0. The fourth-order valence-corrected chi connectivity index (χ4v) is 7.04. The Hall–Kier alpha value is -4.31. The number of benzene rings is 4. The van der Waals surface area contributed by atoms with Gasteiger partial charge in [0.15, 0.2) is 0 Å². The number of nitrogens with zero attached hydrogens (tertiary/aromatic N) is 3. The van der Waals surface area contributed by atoms with Crippen LogP contribution in [0.3, 0.4) is 0 Å². The SMILES string of the molecule is CC(C)(C)c1ccc2c(c1)N(c1ccccc1)c1cc(C(C)(C)C)cc3c1B2n1c2ccncc2c2cccc-3c21. The molecule has 0 aliphatic carbocycles. The number of hydrogen-bond acceptors (Lipinski definition) is 2. The first-order valence-corrected chi connectivity index (χ1v) is 14.7. The van der Waals surface area contributed by atoms with Gasteiger partial charge in [0.1, 0.15) is 0 Å². The minimum atomic E-state index is -0.00110. The topological polar surface area (TPSA) is 21.1 Å². The second-order valence-electron chi connectivity index (χ2n) is 13.8. The lowest BCUT2D eigenvalue weighted by Crippen LogP contribution is -2.57. The van der Waals surface area contributed by atoms with Crippen LogP contribution in [0.2, 0.25) is 0 Å².